The van der Waals surface area contributed by atoms with Crippen LogP contribution in [0.2, 0.25) is 5.02 Å². The van der Waals surface area contributed by atoms with Gasteiger partial charge in [0.1, 0.15) is 0 Å². The molecule has 0 amide bonds. The van der Waals surface area contributed by atoms with E-state index in [4.69, 9.17) is 16.6 Å². The molecule has 0 unspecified atom stereocenters. The van der Waals surface area contributed by atoms with E-state index in [2.05, 4.69) is 17.2 Å². The van der Waals surface area contributed by atoms with Crippen molar-refractivity contribution in [3.05, 3.63) is 59.0 Å². The van der Waals surface area contributed by atoms with E-state index in [0.717, 1.165) is 35.0 Å². The maximum atomic E-state index is 6.22. The molecule has 4 nitrogen and oxygen atoms in total. The monoisotopic (exact) mass is 298 g/mol. The van der Waals surface area contributed by atoms with Gasteiger partial charge in [-0.3, -0.25) is 0 Å². The SMILES string of the molecule is CCCn1nnc2ccccc2c1=Nc1ccccc1Cl. The lowest BCUT2D eigenvalue weighted by Gasteiger charge is -2.06. The van der Waals surface area contributed by atoms with Crippen molar-refractivity contribution in [3.63, 3.8) is 0 Å². The van der Waals surface area contributed by atoms with E-state index in [0.29, 0.717) is 5.02 Å². The minimum absolute atomic E-state index is 0.626. The van der Waals surface area contributed by atoms with Gasteiger partial charge < -0.3 is 0 Å². The molecule has 0 spiro atoms. The lowest BCUT2D eigenvalue weighted by molar-refractivity contribution is 0.534. The largest absolute Gasteiger partial charge is 0.228 e. The lowest BCUT2D eigenvalue weighted by Crippen LogP contribution is -2.25. The molecule has 0 aliphatic carbocycles. The molecule has 5 heteroatoms. The smallest absolute Gasteiger partial charge is 0.160 e. The van der Waals surface area contributed by atoms with E-state index in [1.54, 1.807) is 0 Å². The van der Waals surface area contributed by atoms with Crippen LogP contribution < -0.4 is 5.49 Å². The summed E-state index contributed by atoms with van der Waals surface area (Å²) in [7, 11) is 0. The first-order valence-corrected chi connectivity index (χ1v) is 7.29. The Kier molecular flexibility index (Phi) is 3.97. The van der Waals surface area contributed by atoms with E-state index < -0.39 is 0 Å². The number of rotatable bonds is 3. The fraction of sp³-hybridized carbons (Fsp3) is 0.188. The van der Waals surface area contributed by atoms with Crippen LogP contribution in [0.15, 0.2) is 53.5 Å². The summed E-state index contributed by atoms with van der Waals surface area (Å²) in [4.78, 5) is 4.72. The molecule has 0 N–H and O–H groups in total. The Morgan fingerprint density at radius 1 is 1.10 bits per heavy atom. The zero-order chi connectivity index (χ0) is 14.7. The summed E-state index contributed by atoms with van der Waals surface area (Å²) >= 11 is 6.22. The predicted octanol–water partition coefficient (Wildman–Crippen LogP) is 3.73. The number of aromatic nitrogens is 3. The van der Waals surface area contributed by atoms with Gasteiger partial charge in [-0.15, -0.1) is 5.10 Å². The second-order valence-electron chi connectivity index (χ2n) is 4.72. The zero-order valence-corrected chi connectivity index (χ0v) is 12.5. The lowest BCUT2D eigenvalue weighted by atomic mass is 10.2. The van der Waals surface area contributed by atoms with E-state index in [9.17, 15) is 0 Å². The Morgan fingerprint density at radius 3 is 2.67 bits per heavy atom. The van der Waals surface area contributed by atoms with Gasteiger partial charge in [0.15, 0.2) is 5.49 Å². The highest BCUT2D eigenvalue weighted by molar-refractivity contribution is 6.32. The third-order valence-corrected chi connectivity index (χ3v) is 3.48. The zero-order valence-electron chi connectivity index (χ0n) is 11.7. The molecular weight excluding hydrogens is 284 g/mol. The molecule has 106 valence electrons. The van der Waals surface area contributed by atoms with Crippen LogP contribution in [0, 0.1) is 0 Å². The van der Waals surface area contributed by atoms with Crippen LogP contribution in [0.1, 0.15) is 13.3 Å². The van der Waals surface area contributed by atoms with Crippen molar-refractivity contribution in [3.8, 4) is 0 Å². The molecule has 0 radical (unpaired) electrons. The van der Waals surface area contributed by atoms with Gasteiger partial charge in [0.25, 0.3) is 0 Å². The van der Waals surface area contributed by atoms with Gasteiger partial charge >= 0.3 is 0 Å². The third-order valence-electron chi connectivity index (χ3n) is 3.16. The van der Waals surface area contributed by atoms with Crippen LogP contribution in [0.4, 0.5) is 5.69 Å². The number of para-hydroxylation sites is 1. The Morgan fingerprint density at radius 2 is 1.86 bits per heavy atom. The van der Waals surface area contributed by atoms with Crippen LogP contribution in [-0.4, -0.2) is 15.0 Å². The number of benzene rings is 2. The molecule has 1 heterocycles. The molecule has 0 aliphatic heterocycles. The Balaban J connectivity index is 2.33. The van der Waals surface area contributed by atoms with Gasteiger partial charge in [-0.1, -0.05) is 48.0 Å². The highest BCUT2D eigenvalue weighted by atomic mass is 35.5. The average molecular weight is 299 g/mol. The second-order valence-corrected chi connectivity index (χ2v) is 5.12. The number of hydrogen-bond acceptors (Lipinski definition) is 3. The summed E-state index contributed by atoms with van der Waals surface area (Å²) in [6.07, 6.45) is 0.961. The van der Waals surface area contributed by atoms with E-state index >= 15 is 0 Å². The van der Waals surface area contributed by atoms with Crippen molar-refractivity contribution < 1.29 is 0 Å². The van der Waals surface area contributed by atoms with Gasteiger partial charge in [0, 0.05) is 11.9 Å². The second kappa shape index (κ2) is 6.06. The molecular formula is C16H15ClN4. The summed E-state index contributed by atoms with van der Waals surface area (Å²) in [6.45, 7) is 2.87. The number of fused-ring (bicyclic) bond motifs is 1. The highest BCUT2D eigenvalue weighted by Gasteiger charge is 2.04. The molecule has 0 atom stereocenters. The van der Waals surface area contributed by atoms with E-state index in [-0.39, 0.29) is 0 Å². The molecule has 3 aromatic rings. The van der Waals surface area contributed by atoms with Crippen molar-refractivity contribution in [2.75, 3.05) is 0 Å². The highest BCUT2D eigenvalue weighted by Crippen LogP contribution is 2.23. The third kappa shape index (κ3) is 2.81. The summed E-state index contributed by atoms with van der Waals surface area (Å²) in [5.74, 6) is 0. The van der Waals surface area contributed by atoms with Crippen LogP contribution in [0.3, 0.4) is 0 Å². The summed E-state index contributed by atoms with van der Waals surface area (Å²) in [5, 5.41) is 10.1. The van der Waals surface area contributed by atoms with Gasteiger partial charge in [-0.2, -0.15) is 0 Å². The van der Waals surface area contributed by atoms with Gasteiger partial charge in [-0.25, -0.2) is 9.67 Å². The molecule has 0 fully saturated rings. The first-order valence-electron chi connectivity index (χ1n) is 6.91. The number of nitrogens with zero attached hydrogens (tertiary/aromatic N) is 4. The van der Waals surface area contributed by atoms with Crippen LogP contribution in [-0.2, 0) is 6.54 Å². The minimum Gasteiger partial charge on any atom is -0.228 e. The average Bonchev–Trinajstić information content (AvgIpc) is 2.52. The van der Waals surface area contributed by atoms with Gasteiger partial charge in [0.2, 0.25) is 0 Å². The Hall–Kier alpha value is -2.20. The molecule has 3 rings (SSSR count). The molecule has 2 aromatic carbocycles. The predicted molar refractivity (Wildman–Crippen MR) is 84.5 cm³/mol. The van der Waals surface area contributed by atoms with Crippen molar-refractivity contribution in [1.29, 1.82) is 0 Å². The fourth-order valence-corrected chi connectivity index (χ4v) is 2.35. The summed E-state index contributed by atoms with van der Waals surface area (Å²) < 4.78 is 1.83. The van der Waals surface area contributed by atoms with Crippen molar-refractivity contribution in [2.45, 2.75) is 19.9 Å². The standard InChI is InChI=1S/C16H15ClN4/c1-2-11-21-16(18-15-10-6-4-8-13(15)17)12-7-3-5-9-14(12)19-20-21/h3-10H,2,11H2,1H3. The Labute approximate surface area is 127 Å². The van der Waals surface area contributed by atoms with Gasteiger partial charge in [0.05, 0.1) is 16.2 Å². The van der Waals surface area contributed by atoms with Crippen LogP contribution in [0.5, 0.6) is 0 Å². The molecule has 0 saturated heterocycles. The molecule has 0 bridgehead atoms. The van der Waals surface area contributed by atoms with E-state index in [1.165, 1.54) is 0 Å². The number of halogens is 1. The first kappa shape index (κ1) is 13.8. The first-order chi connectivity index (χ1) is 10.3. The van der Waals surface area contributed by atoms with Crippen LogP contribution >= 0.6 is 11.6 Å². The maximum Gasteiger partial charge on any atom is 0.160 e. The Bertz CT molecular complexity index is 839. The van der Waals surface area contributed by atoms with Crippen molar-refractivity contribution >= 4 is 28.2 Å². The summed E-state index contributed by atoms with van der Waals surface area (Å²) in [5.41, 5.74) is 2.35. The fourth-order valence-electron chi connectivity index (χ4n) is 2.17. The molecule has 21 heavy (non-hydrogen) atoms. The molecule has 0 saturated carbocycles. The van der Waals surface area contributed by atoms with Crippen molar-refractivity contribution in [2.24, 2.45) is 4.99 Å². The minimum atomic E-state index is 0.626. The topological polar surface area (TPSA) is 43.1 Å². The van der Waals surface area contributed by atoms with Gasteiger partial charge in [-0.05, 0) is 30.7 Å². The maximum absolute atomic E-state index is 6.22. The van der Waals surface area contributed by atoms with Crippen molar-refractivity contribution in [1.82, 2.24) is 15.0 Å². The number of aryl methyl sites for hydroxylation is 1. The quantitative estimate of drug-likeness (QED) is 0.739. The normalized spacial score (nSPS) is 12.0. The summed E-state index contributed by atoms with van der Waals surface area (Å²) in [6, 6.07) is 15.4. The number of hydrogen-bond donors (Lipinski definition) is 0. The molecule has 0 aliphatic rings. The van der Waals surface area contributed by atoms with Crippen LogP contribution in [0.25, 0.3) is 10.9 Å². The molecule has 1 aromatic heterocycles. The van der Waals surface area contributed by atoms with E-state index in [1.807, 2.05) is 53.2 Å².